The van der Waals surface area contributed by atoms with Crippen LogP contribution in [0.3, 0.4) is 0 Å². The highest BCUT2D eigenvalue weighted by atomic mass is 79.9. The van der Waals surface area contributed by atoms with Crippen molar-refractivity contribution in [3.63, 3.8) is 0 Å². The lowest BCUT2D eigenvalue weighted by molar-refractivity contribution is -0.278. The molecule has 0 saturated heterocycles. The molecule has 8 fully saturated rings. The molecule has 162 valence electrons. The minimum absolute atomic E-state index is 0.106. The number of carbonyl (C=O) groups excluding carboxylic acids is 1. The second kappa shape index (κ2) is 4.96. The Morgan fingerprint density at radius 3 is 1.45 bits per heavy atom. The first-order valence-corrected chi connectivity index (χ1v) is 12.8. The standard InChI is InChI=1S/C26H39BrO2/c1-19-6-20(2)9-23(8-19,18(28)29-5)16-24(10-19,11-20)25-12-21(3)7-22(4,13-25)15-26(27,14-21)17-25/h6-17H2,1-5H3. The molecule has 4 atom stereocenters. The molecule has 0 aromatic rings. The fraction of sp³-hybridized carbons (Fsp3) is 0.962. The molecule has 0 heterocycles. The van der Waals surface area contributed by atoms with Gasteiger partial charge in [-0.05, 0) is 110 Å². The van der Waals surface area contributed by atoms with Crippen molar-refractivity contribution in [1.82, 2.24) is 0 Å². The Morgan fingerprint density at radius 1 is 0.621 bits per heavy atom. The van der Waals surface area contributed by atoms with Gasteiger partial charge in [0.2, 0.25) is 0 Å². The first-order chi connectivity index (χ1) is 13.2. The number of halogens is 1. The molecule has 0 N–H and O–H groups in total. The Labute approximate surface area is 185 Å². The van der Waals surface area contributed by atoms with Gasteiger partial charge in [0.05, 0.1) is 12.5 Å². The number of carbonyl (C=O) groups is 1. The van der Waals surface area contributed by atoms with Gasteiger partial charge in [0.1, 0.15) is 0 Å². The van der Waals surface area contributed by atoms with Crippen LogP contribution in [0, 0.1) is 37.9 Å². The fourth-order valence-corrected chi connectivity index (χ4v) is 14.7. The SMILES string of the molecule is COC(=O)C12CC3(C)CC(C)(C1)CC(C14CC5(C)CC(C)(CC(Br)(C5)C1)C4)(C3)C2. The van der Waals surface area contributed by atoms with Crippen molar-refractivity contribution in [3.05, 3.63) is 0 Å². The Balaban J connectivity index is 1.53. The predicted octanol–water partition coefficient (Wildman–Crippen LogP) is 7.04. The van der Waals surface area contributed by atoms with E-state index in [9.17, 15) is 4.79 Å². The molecule has 0 radical (unpaired) electrons. The van der Waals surface area contributed by atoms with Crippen LogP contribution in [0.1, 0.15) is 105 Å². The average Bonchev–Trinajstić information content (AvgIpc) is 2.45. The van der Waals surface area contributed by atoms with Gasteiger partial charge in [-0.2, -0.15) is 0 Å². The number of methoxy groups -OCH3 is 1. The molecule has 8 saturated carbocycles. The maximum atomic E-state index is 13.3. The summed E-state index contributed by atoms with van der Waals surface area (Å²) >= 11 is 4.33. The second-order valence-corrected chi connectivity index (χ2v) is 16.5. The molecule has 0 aliphatic heterocycles. The van der Waals surface area contributed by atoms with Gasteiger partial charge in [-0.15, -0.1) is 0 Å². The zero-order valence-corrected chi connectivity index (χ0v) is 20.8. The normalized spacial score (nSPS) is 64.5. The zero-order valence-electron chi connectivity index (χ0n) is 19.2. The van der Waals surface area contributed by atoms with Gasteiger partial charge in [-0.1, -0.05) is 43.6 Å². The molecule has 8 rings (SSSR count). The summed E-state index contributed by atoms with van der Waals surface area (Å²) in [5.41, 5.74) is 2.05. The Kier molecular flexibility index (Phi) is 3.36. The second-order valence-electron chi connectivity index (χ2n) is 14.8. The summed E-state index contributed by atoms with van der Waals surface area (Å²) in [6.45, 7) is 10.2. The van der Waals surface area contributed by atoms with Gasteiger partial charge in [0, 0.05) is 4.32 Å². The quantitative estimate of drug-likeness (QED) is 0.324. The molecule has 8 bridgehead atoms. The van der Waals surface area contributed by atoms with Crippen LogP contribution in [0.15, 0.2) is 0 Å². The molecule has 29 heavy (non-hydrogen) atoms. The Hall–Kier alpha value is -0.0500. The van der Waals surface area contributed by atoms with Gasteiger partial charge in [-0.25, -0.2) is 0 Å². The predicted molar refractivity (Wildman–Crippen MR) is 119 cm³/mol. The van der Waals surface area contributed by atoms with Crippen LogP contribution in [-0.2, 0) is 9.53 Å². The van der Waals surface area contributed by atoms with E-state index in [-0.39, 0.29) is 11.4 Å². The van der Waals surface area contributed by atoms with Gasteiger partial charge in [-0.3, -0.25) is 4.79 Å². The number of hydrogen-bond acceptors (Lipinski definition) is 2. The topological polar surface area (TPSA) is 26.3 Å². The molecule has 0 spiro atoms. The van der Waals surface area contributed by atoms with E-state index in [0.717, 1.165) is 19.3 Å². The van der Waals surface area contributed by atoms with Gasteiger partial charge in [0.25, 0.3) is 0 Å². The number of esters is 1. The van der Waals surface area contributed by atoms with E-state index in [1.165, 1.54) is 57.8 Å². The number of hydrogen-bond donors (Lipinski definition) is 0. The number of alkyl halides is 1. The van der Waals surface area contributed by atoms with Crippen molar-refractivity contribution in [3.8, 4) is 0 Å². The van der Waals surface area contributed by atoms with E-state index in [1.54, 1.807) is 7.11 Å². The maximum absolute atomic E-state index is 13.3. The van der Waals surface area contributed by atoms with E-state index in [0.29, 0.717) is 36.8 Å². The zero-order chi connectivity index (χ0) is 20.8. The summed E-state index contributed by atoms with van der Waals surface area (Å²) < 4.78 is 5.83. The van der Waals surface area contributed by atoms with Crippen molar-refractivity contribution >= 4 is 21.9 Å². The Morgan fingerprint density at radius 2 is 1.03 bits per heavy atom. The number of rotatable bonds is 2. The van der Waals surface area contributed by atoms with Crippen LogP contribution in [-0.4, -0.2) is 17.4 Å². The molecule has 0 aromatic heterocycles. The van der Waals surface area contributed by atoms with Crippen LogP contribution in [0.5, 0.6) is 0 Å². The highest BCUT2D eigenvalue weighted by Gasteiger charge is 2.77. The fourth-order valence-electron chi connectivity index (χ4n) is 12.8. The molecular weight excluding hydrogens is 424 g/mol. The lowest BCUT2D eigenvalue weighted by Crippen LogP contribution is -2.71. The molecule has 8 aliphatic rings. The van der Waals surface area contributed by atoms with Crippen LogP contribution in [0.4, 0.5) is 0 Å². The molecule has 8 aliphatic carbocycles. The summed E-state index contributed by atoms with van der Waals surface area (Å²) in [5, 5.41) is 0. The summed E-state index contributed by atoms with van der Waals surface area (Å²) in [6.07, 6.45) is 15.5. The van der Waals surface area contributed by atoms with Crippen molar-refractivity contribution < 1.29 is 9.53 Å². The highest BCUT2D eigenvalue weighted by Crippen LogP contribution is 2.84. The van der Waals surface area contributed by atoms with Crippen molar-refractivity contribution in [1.29, 1.82) is 0 Å². The first kappa shape index (κ1) is 19.6. The third kappa shape index (κ3) is 2.38. The molecular formula is C26H39BrO2. The monoisotopic (exact) mass is 462 g/mol. The average molecular weight is 464 g/mol. The third-order valence-electron chi connectivity index (χ3n) is 10.9. The summed E-state index contributed by atoms with van der Waals surface area (Å²) in [4.78, 5) is 13.3. The van der Waals surface area contributed by atoms with Crippen LogP contribution >= 0.6 is 15.9 Å². The van der Waals surface area contributed by atoms with E-state index in [4.69, 9.17) is 4.74 Å². The molecule has 0 aromatic carbocycles. The smallest absolute Gasteiger partial charge is 0.311 e. The molecule has 0 amide bonds. The molecule has 2 nitrogen and oxygen atoms in total. The minimum atomic E-state index is -0.225. The highest BCUT2D eigenvalue weighted by molar-refractivity contribution is 9.10. The van der Waals surface area contributed by atoms with E-state index in [2.05, 4.69) is 43.6 Å². The summed E-state index contributed by atoms with van der Waals surface area (Å²) in [6, 6.07) is 0. The Bertz CT molecular complexity index is 742. The summed E-state index contributed by atoms with van der Waals surface area (Å²) in [7, 11) is 1.62. The van der Waals surface area contributed by atoms with Crippen molar-refractivity contribution in [2.75, 3.05) is 7.11 Å². The van der Waals surface area contributed by atoms with Crippen LogP contribution < -0.4 is 0 Å². The lowest BCUT2D eigenvalue weighted by atomic mass is 9.26. The maximum Gasteiger partial charge on any atom is 0.311 e. The largest absolute Gasteiger partial charge is 0.469 e. The van der Waals surface area contributed by atoms with Gasteiger partial charge < -0.3 is 4.74 Å². The first-order valence-electron chi connectivity index (χ1n) is 12.0. The number of ether oxygens (including phenoxy) is 1. The molecule has 4 unspecified atom stereocenters. The van der Waals surface area contributed by atoms with Crippen molar-refractivity contribution in [2.45, 2.75) is 109 Å². The van der Waals surface area contributed by atoms with E-state index in [1.807, 2.05) is 0 Å². The van der Waals surface area contributed by atoms with Crippen LogP contribution in [0.25, 0.3) is 0 Å². The van der Waals surface area contributed by atoms with Gasteiger partial charge in [0.15, 0.2) is 0 Å². The lowest BCUT2D eigenvalue weighted by Gasteiger charge is -2.79. The minimum Gasteiger partial charge on any atom is -0.469 e. The van der Waals surface area contributed by atoms with E-state index < -0.39 is 0 Å². The van der Waals surface area contributed by atoms with Gasteiger partial charge >= 0.3 is 5.97 Å². The summed E-state index contributed by atoms with van der Waals surface area (Å²) in [5.74, 6) is 0.106. The van der Waals surface area contributed by atoms with Crippen molar-refractivity contribution in [2.24, 2.45) is 37.9 Å². The third-order valence-corrected chi connectivity index (χ3v) is 11.7. The molecule has 3 heteroatoms. The van der Waals surface area contributed by atoms with E-state index >= 15 is 0 Å². The van der Waals surface area contributed by atoms with Crippen LogP contribution in [0.2, 0.25) is 0 Å².